The summed E-state index contributed by atoms with van der Waals surface area (Å²) in [6.07, 6.45) is 16.9. The minimum Gasteiger partial charge on any atom is -0.387 e. The van der Waals surface area contributed by atoms with Crippen LogP contribution >= 0.6 is 0 Å². The Bertz CT molecular complexity index is 539. The molecule has 2 nitrogen and oxygen atoms in total. The van der Waals surface area contributed by atoms with Crippen LogP contribution in [0.25, 0.3) is 0 Å². The summed E-state index contributed by atoms with van der Waals surface area (Å²) in [6.45, 7) is 5.28. The number of aryl methyl sites for hydroxylation is 2. The summed E-state index contributed by atoms with van der Waals surface area (Å²) in [4.78, 5) is 2.73. The second-order valence-corrected chi connectivity index (χ2v) is 9.09. The Balaban J connectivity index is 1.69. The molecule has 2 aliphatic rings. The number of hydrogen-bond donors (Lipinski definition) is 1. The van der Waals surface area contributed by atoms with Crippen LogP contribution in [0.1, 0.15) is 107 Å². The van der Waals surface area contributed by atoms with E-state index in [2.05, 4.69) is 36.9 Å². The van der Waals surface area contributed by atoms with Crippen molar-refractivity contribution in [1.29, 1.82) is 0 Å². The monoisotopic (exact) mass is 371 g/mol. The predicted octanol–water partition coefficient (Wildman–Crippen LogP) is 6.34. The van der Waals surface area contributed by atoms with Gasteiger partial charge in [-0.15, -0.1) is 0 Å². The molecule has 2 heteroatoms. The zero-order chi connectivity index (χ0) is 19.1. The lowest BCUT2D eigenvalue weighted by molar-refractivity contribution is 0.0287. The van der Waals surface area contributed by atoms with Gasteiger partial charge in [-0.2, -0.15) is 0 Å². The molecule has 1 unspecified atom stereocenters. The van der Waals surface area contributed by atoms with E-state index in [1.807, 2.05) is 0 Å². The Kier molecular flexibility index (Phi) is 8.21. The molecule has 152 valence electrons. The molecule has 1 N–H and O–H groups in total. The van der Waals surface area contributed by atoms with Gasteiger partial charge in [0.15, 0.2) is 0 Å². The quantitative estimate of drug-likeness (QED) is 0.576. The molecule has 2 saturated carbocycles. The van der Waals surface area contributed by atoms with Gasteiger partial charge in [-0.1, -0.05) is 70.1 Å². The molecule has 2 aliphatic carbocycles. The van der Waals surface area contributed by atoms with E-state index in [1.165, 1.54) is 88.2 Å². The number of unbranched alkanes of at least 4 members (excludes halogenated alkanes) is 1. The topological polar surface area (TPSA) is 23.5 Å². The van der Waals surface area contributed by atoms with Crippen molar-refractivity contribution in [2.45, 2.75) is 116 Å². The Morgan fingerprint density at radius 2 is 1.56 bits per heavy atom. The lowest BCUT2D eigenvalue weighted by Gasteiger charge is -2.42. The summed E-state index contributed by atoms with van der Waals surface area (Å²) >= 11 is 0. The molecule has 0 radical (unpaired) electrons. The fraction of sp³-hybridized carbons (Fsp3) is 0.760. The number of benzene rings is 1. The Labute approximate surface area is 167 Å². The third-order valence-corrected chi connectivity index (χ3v) is 7.02. The summed E-state index contributed by atoms with van der Waals surface area (Å²) < 4.78 is 0. The van der Waals surface area contributed by atoms with E-state index >= 15 is 0 Å². The van der Waals surface area contributed by atoms with Crippen LogP contribution in [0.4, 0.5) is 0 Å². The van der Waals surface area contributed by atoms with Gasteiger partial charge in [0.1, 0.15) is 0 Å². The number of aliphatic hydroxyl groups is 1. The van der Waals surface area contributed by atoms with Gasteiger partial charge in [0.05, 0.1) is 6.10 Å². The normalized spacial score (nSPS) is 20.9. The van der Waals surface area contributed by atoms with Crippen molar-refractivity contribution in [1.82, 2.24) is 4.90 Å². The molecule has 1 atom stereocenters. The third kappa shape index (κ3) is 5.81. The van der Waals surface area contributed by atoms with Crippen LogP contribution < -0.4 is 0 Å². The van der Waals surface area contributed by atoms with Crippen molar-refractivity contribution >= 4 is 0 Å². The van der Waals surface area contributed by atoms with Gasteiger partial charge in [-0.05, 0) is 62.1 Å². The minimum atomic E-state index is -0.354. The largest absolute Gasteiger partial charge is 0.387 e. The summed E-state index contributed by atoms with van der Waals surface area (Å²) in [5.41, 5.74) is 3.91. The first-order chi connectivity index (χ1) is 13.2. The third-order valence-electron chi connectivity index (χ3n) is 7.02. The van der Waals surface area contributed by atoms with E-state index in [0.717, 1.165) is 18.5 Å². The average molecular weight is 372 g/mol. The highest BCUT2D eigenvalue weighted by molar-refractivity contribution is 5.32. The summed E-state index contributed by atoms with van der Waals surface area (Å²) in [7, 11) is 0. The van der Waals surface area contributed by atoms with E-state index in [-0.39, 0.29) is 6.10 Å². The highest BCUT2D eigenvalue weighted by atomic mass is 16.3. The van der Waals surface area contributed by atoms with Gasteiger partial charge in [0.25, 0.3) is 0 Å². The van der Waals surface area contributed by atoms with Gasteiger partial charge >= 0.3 is 0 Å². The van der Waals surface area contributed by atoms with Gasteiger partial charge in [0.2, 0.25) is 0 Å². The van der Waals surface area contributed by atoms with Gasteiger partial charge in [0, 0.05) is 18.6 Å². The molecule has 0 heterocycles. The van der Waals surface area contributed by atoms with Crippen LogP contribution in [0.3, 0.4) is 0 Å². The fourth-order valence-corrected chi connectivity index (χ4v) is 5.30. The molecule has 2 fully saturated rings. The molecule has 0 bridgehead atoms. The zero-order valence-electron chi connectivity index (χ0n) is 17.8. The molecule has 1 aromatic carbocycles. The zero-order valence-corrected chi connectivity index (χ0v) is 17.8. The molecule has 0 amide bonds. The van der Waals surface area contributed by atoms with Crippen molar-refractivity contribution < 1.29 is 5.11 Å². The van der Waals surface area contributed by atoms with E-state index in [4.69, 9.17) is 0 Å². The van der Waals surface area contributed by atoms with Crippen molar-refractivity contribution in [2.75, 3.05) is 6.54 Å². The van der Waals surface area contributed by atoms with E-state index in [1.54, 1.807) is 0 Å². The average Bonchev–Trinajstić information content (AvgIpc) is 2.72. The van der Waals surface area contributed by atoms with E-state index < -0.39 is 0 Å². The number of hydrogen-bond acceptors (Lipinski definition) is 2. The first-order valence-electron chi connectivity index (χ1n) is 11.7. The first-order valence-corrected chi connectivity index (χ1v) is 11.7. The number of aliphatic hydroxyl groups excluding tert-OH is 1. The van der Waals surface area contributed by atoms with Crippen LogP contribution in [0.2, 0.25) is 0 Å². The van der Waals surface area contributed by atoms with Crippen LogP contribution in [-0.4, -0.2) is 28.6 Å². The maximum Gasteiger partial charge on any atom is 0.0917 e. The molecule has 0 aromatic heterocycles. The molecule has 0 spiro atoms. The SMILES string of the molecule is CCCCc1ccc(C(O)CN(C2CCCCC2)C2CCCCC2)cc1C. The lowest BCUT2D eigenvalue weighted by atomic mass is 9.88. The standard InChI is InChI=1S/C25H41NO/c1-3-4-11-21-16-17-22(18-20(21)2)25(27)19-26(23-12-7-5-8-13-23)24-14-9-6-10-15-24/h16-18,23-25,27H,3-15,19H2,1-2H3. The van der Waals surface area contributed by atoms with Crippen molar-refractivity contribution in [3.63, 3.8) is 0 Å². The summed E-state index contributed by atoms with van der Waals surface area (Å²) in [5.74, 6) is 0. The first kappa shape index (κ1) is 20.9. The Morgan fingerprint density at radius 3 is 2.07 bits per heavy atom. The summed E-state index contributed by atoms with van der Waals surface area (Å²) in [5, 5.41) is 11.1. The molecule has 27 heavy (non-hydrogen) atoms. The maximum atomic E-state index is 11.1. The molecular formula is C25H41NO. The van der Waals surface area contributed by atoms with Crippen LogP contribution in [0, 0.1) is 6.92 Å². The van der Waals surface area contributed by atoms with E-state index in [0.29, 0.717) is 12.1 Å². The Hall–Kier alpha value is -0.860. The minimum absolute atomic E-state index is 0.354. The molecular weight excluding hydrogens is 330 g/mol. The molecule has 1 aromatic rings. The number of rotatable bonds is 8. The second-order valence-electron chi connectivity index (χ2n) is 9.09. The maximum absolute atomic E-state index is 11.1. The van der Waals surface area contributed by atoms with Crippen molar-refractivity contribution in [3.8, 4) is 0 Å². The van der Waals surface area contributed by atoms with Gasteiger partial charge < -0.3 is 5.11 Å². The predicted molar refractivity (Wildman–Crippen MR) is 115 cm³/mol. The molecule has 0 aliphatic heterocycles. The smallest absolute Gasteiger partial charge is 0.0917 e. The van der Waals surface area contributed by atoms with Gasteiger partial charge in [-0.3, -0.25) is 4.90 Å². The number of nitrogens with zero attached hydrogens (tertiary/aromatic N) is 1. The van der Waals surface area contributed by atoms with Crippen molar-refractivity contribution in [2.24, 2.45) is 0 Å². The summed E-state index contributed by atoms with van der Waals surface area (Å²) in [6, 6.07) is 8.08. The van der Waals surface area contributed by atoms with E-state index in [9.17, 15) is 5.11 Å². The second kappa shape index (κ2) is 10.6. The highest BCUT2D eigenvalue weighted by Gasteiger charge is 2.30. The van der Waals surface area contributed by atoms with Crippen molar-refractivity contribution in [3.05, 3.63) is 34.9 Å². The van der Waals surface area contributed by atoms with Crippen LogP contribution in [-0.2, 0) is 6.42 Å². The van der Waals surface area contributed by atoms with Gasteiger partial charge in [-0.25, -0.2) is 0 Å². The highest BCUT2D eigenvalue weighted by Crippen LogP contribution is 2.32. The van der Waals surface area contributed by atoms with Crippen LogP contribution in [0.15, 0.2) is 18.2 Å². The Morgan fingerprint density at radius 1 is 0.963 bits per heavy atom. The lowest BCUT2D eigenvalue weighted by Crippen LogP contribution is -2.47. The van der Waals surface area contributed by atoms with Crippen LogP contribution in [0.5, 0.6) is 0 Å². The molecule has 0 saturated heterocycles. The fourth-order valence-electron chi connectivity index (χ4n) is 5.30. The molecule has 3 rings (SSSR count).